The minimum absolute atomic E-state index is 0. The number of aromatic nitrogens is 2. The van der Waals surface area contributed by atoms with E-state index >= 15 is 0 Å². The highest BCUT2D eigenvalue weighted by Gasteiger charge is 2.16. The molecular formula is C14H20ClN3. The number of benzene rings is 1. The second kappa shape index (κ2) is 5.29. The summed E-state index contributed by atoms with van der Waals surface area (Å²) < 4.78 is 2.18. The van der Waals surface area contributed by atoms with Crippen LogP contribution in [0, 0.1) is 13.8 Å². The van der Waals surface area contributed by atoms with Crippen LogP contribution in [-0.2, 0) is 0 Å². The first-order valence-electron chi connectivity index (χ1n) is 6.41. The van der Waals surface area contributed by atoms with Crippen LogP contribution in [0.1, 0.15) is 30.0 Å². The summed E-state index contributed by atoms with van der Waals surface area (Å²) >= 11 is 0. The number of rotatable bonds is 1. The molecule has 1 fully saturated rings. The normalized spacial score (nSPS) is 16.8. The molecule has 0 bridgehead atoms. The van der Waals surface area contributed by atoms with Crippen LogP contribution < -0.4 is 5.32 Å². The Hall–Kier alpha value is -1.06. The summed E-state index contributed by atoms with van der Waals surface area (Å²) in [6, 6.07) is 5.01. The minimum atomic E-state index is 0. The maximum atomic E-state index is 4.77. The van der Waals surface area contributed by atoms with Gasteiger partial charge >= 0.3 is 0 Å². The molecule has 1 saturated heterocycles. The highest BCUT2D eigenvalue weighted by molar-refractivity contribution is 5.85. The number of nitrogens with zero attached hydrogens (tertiary/aromatic N) is 2. The van der Waals surface area contributed by atoms with Gasteiger partial charge in [0.15, 0.2) is 0 Å². The molecule has 0 unspecified atom stereocenters. The van der Waals surface area contributed by atoms with E-state index in [0.29, 0.717) is 6.04 Å². The second-order valence-electron chi connectivity index (χ2n) is 5.11. The Morgan fingerprint density at radius 3 is 2.67 bits per heavy atom. The van der Waals surface area contributed by atoms with E-state index in [1.54, 1.807) is 0 Å². The Bertz CT molecular complexity index is 541. The average Bonchev–Trinajstić information content (AvgIpc) is 2.74. The molecule has 2 aromatic rings. The average molecular weight is 266 g/mol. The van der Waals surface area contributed by atoms with Crippen LogP contribution in [0.3, 0.4) is 0 Å². The molecule has 1 aromatic carbocycles. The Morgan fingerprint density at radius 1 is 1.22 bits per heavy atom. The lowest BCUT2D eigenvalue weighted by Crippen LogP contribution is -2.29. The van der Waals surface area contributed by atoms with Crippen molar-refractivity contribution in [2.24, 2.45) is 0 Å². The van der Waals surface area contributed by atoms with Crippen molar-refractivity contribution < 1.29 is 0 Å². The number of nitrogens with one attached hydrogen (secondary N) is 1. The molecule has 0 atom stereocenters. The molecule has 4 heteroatoms. The van der Waals surface area contributed by atoms with Crippen LogP contribution in [-0.4, -0.2) is 22.9 Å². The van der Waals surface area contributed by atoms with E-state index < -0.39 is 0 Å². The largest absolute Gasteiger partial charge is 0.317 e. The molecule has 18 heavy (non-hydrogen) atoms. The van der Waals surface area contributed by atoms with E-state index in [1.807, 2.05) is 0 Å². The Morgan fingerprint density at radius 2 is 1.94 bits per heavy atom. The van der Waals surface area contributed by atoms with Gasteiger partial charge in [-0.05, 0) is 51.4 Å². The lowest BCUT2D eigenvalue weighted by atomic mass is 10.1. The SMILES string of the molecule is Cc1cc(C)c2nn(C3CCNCC3)cc2c1.Cl. The van der Waals surface area contributed by atoms with Gasteiger partial charge in [-0.25, -0.2) is 0 Å². The first-order chi connectivity index (χ1) is 8.24. The Labute approximate surface area is 114 Å². The third-order valence-corrected chi connectivity index (χ3v) is 3.64. The minimum Gasteiger partial charge on any atom is -0.317 e. The maximum absolute atomic E-state index is 4.77. The summed E-state index contributed by atoms with van der Waals surface area (Å²) in [5, 5.41) is 9.44. The van der Waals surface area contributed by atoms with E-state index in [9.17, 15) is 0 Å². The second-order valence-corrected chi connectivity index (χ2v) is 5.11. The molecule has 2 heterocycles. The lowest BCUT2D eigenvalue weighted by Gasteiger charge is -2.22. The molecule has 1 aromatic heterocycles. The van der Waals surface area contributed by atoms with Crippen molar-refractivity contribution in [2.75, 3.05) is 13.1 Å². The van der Waals surface area contributed by atoms with Gasteiger partial charge in [-0.3, -0.25) is 4.68 Å². The van der Waals surface area contributed by atoms with Gasteiger partial charge in [-0.1, -0.05) is 11.6 Å². The summed E-state index contributed by atoms with van der Waals surface area (Å²) in [4.78, 5) is 0. The van der Waals surface area contributed by atoms with Gasteiger partial charge in [0.2, 0.25) is 0 Å². The van der Waals surface area contributed by atoms with Crippen molar-refractivity contribution in [1.82, 2.24) is 15.1 Å². The number of hydrogen-bond donors (Lipinski definition) is 1. The van der Waals surface area contributed by atoms with Crippen molar-refractivity contribution in [1.29, 1.82) is 0 Å². The monoisotopic (exact) mass is 265 g/mol. The number of fused-ring (bicyclic) bond motifs is 1. The third-order valence-electron chi connectivity index (χ3n) is 3.64. The topological polar surface area (TPSA) is 29.9 Å². The summed E-state index contributed by atoms with van der Waals surface area (Å²) in [6.45, 7) is 6.52. The number of halogens is 1. The predicted octanol–water partition coefficient (Wildman–Crippen LogP) is 3.00. The van der Waals surface area contributed by atoms with Crippen molar-refractivity contribution in [3.8, 4) is 0 Å². The molecule has 3 rings (SSSR count). The predicted molar refractivity (Wildman–Crippen MR) is 77.6 cm³/mol. The summed E-state index contributed by atoms with van der Waals surface area (Å²) in [6.07, 6.45) is 4.59. The van der Waals surface area contributed by atoms with Gasteiger partial charge in [-0.15, -0.1) is 12.4 Å². The molecule has 1 aliphatic rings. The summed E-state index contributed by atoms with van der Waals surface area (Å²) in [5.74, 6) is 0. The van der Waals surface area contributed by atoms with E-state index in [-0.39, 0.29) is 12.4 Å². The van der Waals surface area contributed by atoms with Crippen molar-refractivity contribution in [2.45, 2.75) is 32.7 Å². The standard InChI is InChI=1S/C14H19N3.ClH/c1-10-7-11(2)14-12(8-10)9-17(16-14)13-3-5-15-6-4-13;/h7-9,13,15H,3-6H2,1-2H3;1H. The fourth-order valence-electron chi connectivity index (χ4n) is 2.77. The molecule has 0 aliphatic carbocycles. The molecule has 0 saturated carbocycles. The van der Waals surface area contributed by atoms with Gasteiger partial charge in [0, 0.05) is 11.6 Å². The van der Waals surface area contributed by atoms with Gasteiger partial charge in [0.05, 0.1) is 11.6 Å². The molecule has 0 radical (unpaired) electrons. The molecule has 3 nitrogen and oxygen atoms in total. The van der Waals surface area contributed by atoms with Crippen LogP contribution in [0.5, 0.6) is 0 Å². The number of hydrogen-bond acceptors (Lipinski definition) is 2. The Balaban J connectivity index is 0.00000120. The van der Waals surface area contributed by atoms with Crippen molar-refractivity contribution in [3.63, 3.8) is 0 Å². The first kappa shape index (κ1) is 13.4. The molecule has 1 aliphatic heterocycles. The number of aryl methyl sites for hydroxylation is 2. The lowest BCUT2D eigenvalue weighted by molar-refractivity contribution is 0.345. The maximum Gasteiger partial charge on any atom is 0.0952 e. The van der Waals surface area contributed by atoms with Crippen molar-refractivity contribution >= 4 is 23.3 Å². The van der Waals surface area contributed by atoms with E-state index in [2.05, 4.69) is 42.2 Å². The zero-order valence-electron chi connectivity index (χ0n) is 10.9. The molecule has 1 N–H and O–H groups in total. The zero-order valence-corrected chi connectivity index (χ0v) is 11.8. The first-order valence-corrected chi connectivity index (χ1v) is 6.41. The van der Waals surface area contributed by atoms with E-state index in [1.165, 1.54) is 29.4 Å². The fourth-order valence-corrected chi connectivity index (χ4v) is 2.77. The van der Waals surface area contributed by atoms with Crippen LogP contribution in [0.25, 0.3) is 10.9 Å². The zero-order chi connectivity index (χ0) is 11.8. The van der Waals surface area contributed by atoms with Crippen LogP contribution in [0.2, 0.25) is 0 Å². The molecule has 98 valence electrons. The fraction of sp³-hybridized carbons (Fsp3) is 0.500. The Kier molecular flexibility index (Phi) is 3.93. The highest BCUT2D eigenvalue weighted by atomic mass is 35.5. The van der Waals surface area contributed by atoms with Crippen molar-refractivity contribution in [3.05, 3.63) is 29.5 Å². The summed E-state index contributed by atoms with van der Waals surface area (Å²) in [5.41, 5.74) is 3.77. The van der Waals surface area contributed by atoms with Crippen LogP contribution in [0.15, 0.2) is 18.3 Å². The number of piperidine rings is 1. The molecule has 0 amide bonds. The van der Waals surface area contributed by atoms with Gasteiger partial charge in [-0.2, -0.15) is 5.10 Å². The van der Waals surface area contributed by atoms with Gasteiger partial charge in [0.25, 0.3) is 0 Å². The highest BCUT2D eigenvalue weighted by Crippen LogP contribution is 2.24. The summed E-state index contributed by atoms with van der Waals surface area (Å²) in [7, 11) is 0. The van der Waals surface area contributed by atoms with E-state index in [0.717, 1.165) is 18.6 Å². The van der Waals surface area contributed by atoms with Gasteiger partial charge < -0.3 is 5.32 Å². The van der Waals surface area contributed by atoms with E-state index in [4.69, 9.17) is 5.10 Å². The quantitative estimate of drug-likeness (QED) is 0.859. The van der Waals surface area contributed by atoms with Crippen LogP contribution in [0.4, 0.5) is 0 Å². The van der Waals surface area contributed by atoms with Gasteiger partial charge in [0.1, 0.15) is 0 Å². The smallest absolute Gasteiger partial charge is 0.0952 e. The van der Waals surface area contributed by atoms with Crippen LogP contribution >= 0.6 is 12.4 Å². The third kappa shape index (κ3) is 2.38. The molecule has 0 spiro atoms. The molecular weight excluding hydrogens is 246 g/mol.